The van der Waals surface area contributed by atoms with Crippen LogP contribution in [0.25, 0.3) is 0 Å². The van der Waals surface area contributed by atoms with Crippen LogP contribution in [0.2, 0.25) is 0 Å². The van der Waals surface area contributed by atoms with Gasteiger partial charge in [0.25, 0.3) is 0 Å². The third kappa shape index (κ3) is 9.52. The molecule has 0 saturated heterocycles. The molecule has 0 rings (SSSR count). The first-order valence-electron chi connectivity index (χ1n) is 4.58. The molecule has 1 nitrogen and oxygen atoms in total. The highest BCUT2D eigenvalue weighted by atomic mass is 14.8. The van der Waals surface area contributed by atoms with Crippen LogP contribution in [-0.4, -0.2) is 13.1 Å². The second kappa shape index (κ2) is 9.52. The van der Waals surface area contributed by atoms with Crippen molar-refractivity contribution >= 4 is 0 Å². The van der Waals surface area contributed by atoms with Crippen LogP contribution >= 0.6 is 0 Å². The maximum atomic E-state index is 3.27. The maximum absolute atomic E-state index is 3.27. The van der Waals surface area contributed by atoms with E-state index in [-0.39, 0.29) is 0 Å². The van der Waals surface area contributed by atoms with Crippen molar-refractivity contribution in [3.8, 4) is 11.8 Å². The van der Waals surface area contributed by atoms with Crippen molar-refractivity contribution in [2.24, 2.45) is 0 Å². The van der Waals surface area contributed by atoms with Crippen LogP contribution in [-0.2, 0) is 0 Å². The van der Waals surface area contributed by atoms with Crippen molar-refractivity contribution in [1.82, 2.24) is 5.32 Å². The summed E-state index contributed by atoms with van der Waals surface area (Å²) in [6.45, 7) is 6.32. The van der Waals surface area contributed by atoms with E-state index in [9.17, 15) is 0 Å². The summed E-state index contributed by atoms with van der Waals surface area (Å²) in [7, 11) is 0. The van der Waals surface area contributed by atoms with Gasteiger partial charge in [0.15, 0.2) is 0 Å². The SMILES string of the molecule is CCCC#CCNCCCC. The van der Waals surface area contributed by atoms with Gasteiger partial charge < -0.3 is 5.32 Å². The summed E-state index contributed by atoms with van der Waals surface area (Å²) in [5, 5.41) is 3.27. The molecule has 11 heavy (non-hydrogen) atoms. The summed E-state index contributed by atoms with van der Waals surface area (Å²) in [4.78, 5) is 0. The first-order chi connectivity index (χ1) is 5.41. The molecular formula is C10H19N. The van der Waals surface area contributed by atoms with Gasteiger partial charge in [0.1, 0.15) is 0 Å². The van der Waals surface area contributed by atoms with Crippen LogP contribution in [0.1, 0.15) is 39.5 Å². The molecule has 64 valence electrons. The summed E-state index contributed by atoms with van der Waals surface area (Å²) in [5.41, 5.74) is 0. The second-order valence-electron chi connectivity index (χ2n) is 2.63. The Morgan fingerprint density at radius 3 is 2.55 bits per heavy atom. The molecule has 0 saturated carbocycles. The van der Waals surface area contributed by atoms with Crippen LogP contribution in [0.3, 0.4) is 0 Å². The fourth-order valence-corrected chi connectivity index (χ4v) is 0.729. The molecule has 0 spiro atoms. The minimum absolute atomic E-state index is 0.861. The van der Waals surface area contributed by atoms with Gasteiger partial charge in [-0.2, -0.15) is 0 Å². The van der Waals surface area contributed by atoms with E-state index in [1.165, 1.54) is 19.3 Å². The van der Waals surface area contributed by atoms with E-state index in [2.05, 4.69) is 31.0 Å². The molecule has 0 aliphatic heterocycles. The minimum Gasteiger partial charge on any atom is -0.306 e. The zero-order chi connectivity index (χ0) is 8.36. The topological polar surface area (TPSA) is 12.0 Å². The summed E-state index contributed by atoms with van der Waals surface area (Å²) in [6.07, 6.45) is 4.72. The van der Waals surface area contributed by atoms with E-state index in [1.807, 2.05) is 0 Å². The highest BCUT2D eigenvalue weighted by molar-refractivity contribution is 5.00. The van der Waals surface area contributed by atoms with E-state index >= 15 is 0 Å². The highest BCUT2D eigenvalue weighted by Crippen LogP contribution is 1.82. The van der Waals surface area contributed by atoms with Crippen molar-refractivity contribution in [3.05, 3.63) is 0 Å². The monoisotopic (exact) mass is 153 g/mol. The van der Waals surface area contributed by atoms with Gasteiger partial charge in [-0.3, -0.25) is 0 Å². The van der Waals surface area contributed by atoms with Crippen LogP contribution in [0.15, 0.2) is 0 Å². The van der Waals surface area contributed by atoms with E-state index in [0.29, 0.717) is 0 Å². The van der Waals surface area contributed by atoms with Crippen LogP contribution in [0, 0.1) is 11.8 Å². The van der Waals surface area contributed by atoms with Crippen LogP contribution < -0.4 is 5.32 Å². The molecule has 0 radical (unpaired) electrons. The first-order valence-corrected chi connectivity index (χ1v) is 4.58. The normalized spacial score (nSPS) is 8.91. The third-order valence-corrected chi connectivity index (χ3v) is 1.42. The standard InChI is InChI=1S/C10H19N/c1-3-5-7-8-10-11-9-6-4-2/h11H,3-6,9-10H2,1-2H3. The molecule has 0 atom stereocenters. The lowest BCUT2D eigenvalue weighted by atomic mass is 10.3. The lowest BCUT2D eigenvalue weighted by molar-refractivity contribution is 0.686. The fraction of sp³-hybridized carbons (Fsp3) is 0.800. The number of hydrogen-bond acceptors (Lipinski definition) is 1. The lowest BCUT2D eigenvalue weighted by Crippen LogP contribution is -2.14. The molecule has 0 aromatic heterocycles. The summed E-state index contributed by atoms with van der Waals surface area (Å²) >= 11 is 0. The number of nitrogens with one attached hydrogen (secondary N) is 1. The van der Waals surface area contributed by atoms with Crippen molar-refractivity contribution in [3.63, 3.8) is 0 Å². The second-order valence-corrected chi connectivity index (χ2v) is 2.63. The van der Waals surface area contributed by atoms with Gasteiger partial charge in [-0.15, -0.1) is 5.92 Å². The van der Waals surface area contributed by atoms with Crippen LogP contribution in [0.4, 0.5) is 0 Å². The van der Waals surface area contributed by atoms with Crippen LogP contribution in [0.5, 0.6) is 0 Å². The van der Waals surface area contributed by atoms with Crippen molar-refractivity contribution in [2.75, 3.05) is 13.1 Å². The lowest BCUT2D eigenvalue weighted by Gasteiger charge is -1.95. The van der Waals surface area contributed by atoms with Gasteiger partial charge in [-0.05, 0) is 19.4 Å². The van der Waals surface area contributed by atoms with Crippen molar-refractivity contribution in [1.29, 1.82) is 0 Å². The molecule has 0 fully saturated rings. The molecule has 1 N–H and O–H groups in total. The molecule has 0 bridgehead atoms. The van der Waals surface area contributed by atoms with Crippen molar-refractivity contribution in [2.45, 2.75) is 39.5 Å². The van der Waals surface area contributed by atoms with E-state index < -0.39 is 0 Å². The minimum atomic E-state index is 0.861. The van der Waals surface area contributed by atoms with E-state index in [4.69, 9.17) is 0 Å². The average Bonchev–Trinajstić information content (AvgIpc) is 2.03. The van der Waals surface area contributed by atoms with E-state index in [1.54, 1.807) is 0 Å². The quantitative estimate of drug-likeness (QED) is 0.471. The average molecular weight is 153 g/mol. The van der Waals surface area contributed by atoms with E-state index in [0.717, 1.165) is 19.5 Å². The Morgan fingerprint density at radius 2 is 1.91 bits per heavy atom. The molecule has 0 aliphatic rings. The summed E-state index contributed by atoms with van der Waals surface area (Å²) < 4.78 is 0. The Labute approximate surface area is 70.6 Å². The predicted molar refractivity (Wildman–Crippen MR) is 50.5 cm³/mol. The smallest absolute Gasteiger partial charge is 0.0576 e. The molecule has 0 aliphatic carbocycles. The molecule has 0 heterocycles. The highest BCUT2D eigenvalue weighted by Gasteiger charge is 1.80. The van der Waals surface area contributed by atoms with Gasteiger partial charge in [0.2, 0.25) is 0 Å². The Hall–Kier alpha value is -0.480. The summed E-state index contributed by atoms with van der Waals surface area (Å²) in [6, 6.07) is 0. The summed E-state index contributed by atoms with van der Waals surface area (Å²) in [5.74, 6) is 6.18. The van der Waals surface area contributed by atoms with Gasteiger partial charge in [0, 0.05) is 6.42 Å². The number of unbranched alkanes of at least 4 members (excludes halogenated alkanes) is 2. The zero-order valence-electron chi connectivity index (χ0n) is 7.74. The molecule has 0 aromatic carbocycles. The molecular weight excluding hydrogens is 134 g/mol. The molecule has 0 unspecified atom stereocenters. The Balaban J connectivity index is 2.96. The third-order valence-electron chi connectivity index (χ3n) is 1.42. The Kier molecular flexibility index (Phi) is 9.10. The van der Waals surface area contributed by atoms with Gasteiger partial charge >= 0.3 is 0 Å². The zero-order valence-corrected chi connectivity index (χ0v) is 7.74. The molecule has 0 amide bonds. The maximum Gasteiger partial charge on any atom is 0.0576 e. The van der Waals surface area contributed by atoms with Crippen molar-refractivity contribution < 1.29 is 0 Å². The fourth-order valence-electron chi connectivity index (χ4n) is 0.729. The number of rotatable bonds is 5. The van der Waals surface area contributed by atoms with Gasteiger partial charge in [0.05, 0.1) is 6.54 Å². The predicted octanol–water partition coefficient (Wildman–Crippen LogP) is 2.18. The molecule has 1 heteroatoms. The Bertz CT molecular complexity index is 119. The largest absolute Gasteiger partial charge is 0.306 e. The van der Waals surface area contributed by atoms with Gasteiger partial charge in [-0.1, -0.05) is 26.2 Å². The first kappa shape index (κ1) is 10.5. The Morgan fingerprint density at radius 1 is 1.09 bits per heavy atom. The molecule has 0 aromatic rings. The number of hydrogen-bond donors (Lipinski definition) is 1. The van der Waals surface area contributed by atoms with Gasteiger partial charge in [-0.25, -0.2) is 0 Å².